The lowest BCUT2D eigenvalue weighted by Gasteiger charge is -2.42. The Kier molecular flexibility index (Phi) is 5.44. The number of benzene rings is 3. The standard InChI is InChI=1S/C26H23ClN2O4/c1-3-29(18-13-8-5-9-14-18)25(31)26-22(32-23(33-26)17-11-6-4-7-12-17)21-19(27)15-10-16-20(21)28(2)24(26)30/h4-16,22-23H,3H2,1-2H3. The van der Waals surface area contributed by atoms with Gasteiger partial charge in [-0.05, 0) is 31.2 Å². The highest BCUT2D eigenvalue weighted by Gasteiger charge is 2.67. The van der Waals surface area contributed by atoms with E-state index in [1.807, 2.05) is 67.6 Å². The van der Waals surface area contributed by atoms with E-state index in [0.29, 0.717) is 34.1 Å². The molecule has 2 heterocycles. The van der Waals surface area contributed by atoms with E-state index in [-0.39, 0.29) is 0 Å². The summed E-state index contributed by atoms with van der Waals surface area (Å²) in [5.74, 6) is -0.970. The number of halogens is 1. The molecule has 1 saturated heterocycles. The van der Waals surface area contributed by atoms with E-state index in [1.165, 1.54) is 4.90 Å². The van der Waals surface area contributed by atoms with Crippen molar-refractivity contribution in [3.05, 3.63) is 95.0 Å². The Morgan fingerprint density at radius 3 is 2.36 bits per heavy atom. The number of hydrogen-bond acceptors (Lipinski definition) is 4. The van der Waals surface area contributed by atoms with E-state index >= 15 is 0 Å². The monoisotopic (exact) mass is 462 g/mol. The van der Waals surface area contributed by atoms with Gasteiger partial charge in [0, 0.05) is 35.4 Å². The van der Waals surface area contributed by atoms with Gasteiger partial charge in [-0.3, -0.25) is 9.59 Å². The molecule has 3 unspecified atom stereocenters. The Morgan fingerprint density at radius 2 is 1.70 bits per heavy atom. The van der Waals surface area contributed by atoms with Crippen molar-refractivity contribution < 1.29 is 19.1 Å². The molecule has 5 rings (SSSR count). The van der Waals surface area contributed by atoms with Crippen LogP contribution in [0.15, 0.2) is 78.9 Å². The normalized spacial score (nSPS) is 23.7. The van der Waals surface area contributed by atoms with Gasteiger partial charge in [0.2, 0.25) is 0 Å². The number of para-hydroxylation sites is 1. The van der Waals surface area contributed by atoms with Crippen LogP contribution in [0.3, 0.4) is 0 Å². The van der Waals surface area contributed by atoms with Crippen LogP contribution in [0.25, 0.3) is 0 Å². The van der Waals surface area contributed by atoms with Crippen molar-refractivity contribution >= 4 is 34.8 Å². The molecule has 2 amide bonds. The minimum atomic E-state index is -1.92. The van der Waals surface area contributed by atoms with Crippen LogP contribution in [0.5, 0.6) is 0 Å². The molecular formula is C26H23ClN2O4. The van der Waals surface area contributed by atoms with Gasteiger partial charge < -0.3 is 19.3 Å². The van der Waals surface area contributed by atoms with E-state index < -0.39 is 29.8 Å². The first kappa shape index (κ1) is 21.6. The van der Waals surface area contributed by atoms with Gasteiger partial charge in [-0.15, -0.1) is 0 Å². The quantitative estimate of drug-likeness (QED) is 0.518. The maximum atomic E-state index is 14.2. The van der Waals surface area contributed by atoms with Crippen LogP contribution in [0.4, 0.5) is 11.4 Å². The maximum absolute atomic E-state index is 14.2. The fraction of sp³-hybridized carbons (Fsp3) is 0.231. The molecule has 3 aromatic rings. The number of nitrogens with zero attached hydrogens (tertiary/aromatic N) is 2. The summed E-state index contributed by atoms with van der Waals surface area (Å²) in [6.07, 6.45) is -1.91. The Labute approximate surface area is 197 Å². The summed E-state index contributed by atoms with van der Waals surface area (Å²) in [6, 6.07) is 23.8. The number of ether oxygens (including phenoxy) is 2. The third-order valence-electron chi connectivity index (χ3n) is 6.22. The summed E-state index contributed by atoms with van der Waals surface area (Å²) in [5, 5.41) is 0.411. The first-order valence-corrected chi connectivity index (χ1v) is 11.2. The minimum Gasteiger partial charge on any atom is -0.336 e. The number of carbonyl (C=O) groups excluding carboxylic acids is 2. The van der Waals surface area contributed by atoms with E-state index in [1.54, 1.807) is 30.1 Å². The van der Waals surface area contributed by atoms with E-state index in [4.69, 9.17) is 21.1 Å². The molecule has 2 aliphatic heterocycles. The van der Waals surface area contributed by atoms with Crippen LogP contribution in [0, 0.1) is 0 Å². The van der Waals surface area contributed by atoms with Gasteiger partial charge in [0.15, 0.2) is 6.29 Å². The highest BCUT2D eigenvalue weighted by molar-refractivity contribution is 6.33. The zero-order chi connectivity index (χ0) is 23.2. The number of hydrogen-bond donors (Lipinski definition) is 0. The minimum absolute atomic E-state index is 0.350. The van der Waals surface area contributed by atoms with E-state index in [0.717, 1.165) is 0 Å². The van der Waals surface area contributed by atoms with Gasteiger partial charge in [0.05, 0.1) is 5.69 Å². The van der Waals surface area contributed by atoms with Crippen LogP contribution in [-0.2, 0) is 19.1 Å². The van der Waals surface area contributed by atoms with E-state index in [9.17, 15) is 9.59 Å². The zero-order valence-electron chi connectivity index (χ0n) is 18.3. The second-order valence-corrected chi connectivity index (χ2v) is 8.44. The largest absolute Gasteiger partial charge is 0.336 e. The predicted molar refractivity (Wildman–Crippen MR) is 126 cm³/mol. The molecule has 0 bridgehead atoms. The van der Waals surface area contributed by atoms with E-state index in [2.05, 4.69) is 0 Å². The smallest absolute Gasteiger partial charge is 0.272 e. The Morgan fingerprint density at radius 1 is 1.03 bits per heavy atom. The van der Waals surface area contributed by atoms with Crippen LogP contribution in [0.1, 0.15) is 30.4 Å². The topological polar surface area (TPSA) is 59.1 Å². The molecule has 0 spiro atoms. The van der Waals surface area contributed by atoms with Gasteiger partial charge in [0.1, 0.15) is 6.10 Å². The van der Waals surface area contributed by atoms with Gasteiger partial charge in [0.25, 0.3) is 17.4 Å². The van der Waals surface area contributed by atoms with Crippen LogP contribution in [0.2, 0.25) is 5.02 Å². The molecule has 0 radical (unpaired) electrons. The molecule has 0 N–H and O–H groups in total. The fourth-order valence-electron chi connectivity index (χ4n) is 4.61. The van der Waals surface area contributed by atoms with Crippen molar-refractivity contribution in [2.75, 3.05) is 23.4 Å². The van der Waals surface area contributed by atoms with Gasteiger partial charge in [-0.2, -0.15) is 0 Å². The molecule has 0 saturated carbocycles. The van der Waals surface area contributed by atoms with Gasteiger partial charge in [-0.1, -0.05) is 66.2 Å². The maximum Gasteiger partial charge on any atom is 0.272 e. The van der Waals surface area contributed by atoms with Crippen molar-refractivity contribution in [3.63, 3.8) is 0 Å². The molecule has 6 nitrogen and oxygen atoms in total. The lowest BCUT2D eigenvalue weighted by Crippen LogP contribution is -2.63. The summed E-state index contributed by atoms with van der Waals surface area (Å²) in [6.45, 7) is 2.21. The van der Waals surface area contributed by atoms with Crippen molar-refractivity contribution in [2.45, 2.75) is 24.9 Å². The summed E-state index contributed by atoms with van der Waals surface area (Å²) in [7, 11) is 1.63. The molecule has 3 aromatic carbocycles. The average Bonchev–Trinajstić information content (AvgIpc) is 3.26. The Hall–Kier alpha value is -3.19. The number of fused-ring (bicyclic) bond motifs is 3. The lowest BCUT2D eigenvalue weighted by molar-refractivity contribution is -0.159. The highest BCUT2D eigenvalue weighted by Crippen LogP contribution is 2.55. The SMILES string of the molecule is CCN(C(=O)C12OC(c3ccccc3)OC1c1c(Cl)cccc1N(C)C2=O)c1ccccc1. The average molecular weight is 463 g/mol. The molecule has 0 aliphatic carbocycles. The summed E-state index contributed by atoms with van der Waals surface area (Å²) >= 11 is 6.61. The molecule has 3 atom stereocenters. The predicted octanol–water partition coefficient (Wildman–Crippen LogP) is 4.90. The fourth-order valence-corrected chi connectivity index (χ4v) is 4.88. The first-order valence-electron chi connectivity index (χ1n) is 10.8. The number of anilines is 2. The first-order chi connectivity index (χ1) is 16.0. The summed E-state index contributed by atoms with van der Waals surface area (Å²) in [4.78, 5) is 31.1. The molecule has 1 fully saturated rings. The number of carbonyl (C=O) groups is 2. The number of rotatable bonds is 4. The third kappa shape index (κ3) is 3.25. The molecule has 2 aliphatic rings. The van der Waals surface area contributed by atoms with Gasteiger partial charge >= 0.3 is 0 Å². The lowest BCUT2D eigenvalue weighted by atomic mass is 9.83. The van der Waals surface area contributed by atoms with Crippen molar-refractivity contribution in [1.29, 1.82) is 0 Å². The van der Waals surface area contributed by atoms with Crippen LogP contribution in [-0.4, -0.2) is 31.0 Å². The second kappa shape index (κ2) is 8.30. The molecule has 7 heteroatoms. The van der Waals surface area contributed by atoms with Crippen LogP contribution >= 0.6 is 11.6 Å². The molecule has 33 heavy (non-hydrogen) atoms. The number of likely N-dealkylation sites (N-methyl/N-ethyl adjacent to an activating group) is 2. The summed E-state index contributed by atoms with van der Waals surface area (Å²) in [5.41, 5.74) is 0.633. The Balaban J connectivity index is 1.70. The summed E-state index contributed by atoms with van der Waals surface area (Å²) < 4.78 is 12.7. The molecule has 0 aromatic heterocycles. The molecular weight excluding hydrogens is 440 g/mol. The second-order valence-electron chi connectivity index (χ2n) is 8.03. The molecule has 168 valence electrons. The zero-order valence-corrected chi connectivity index (χ0v) is 19.0. The van der Waals surface area contributed by atoms with Crippen molar-refractivity contribution in [1.82, 2.24) is 0 Å². The van der Waals surface area contributed by atoms with Crippen molar-refractivity contribution in [3.8, 4) is 0 Å². The Bertz CT molecular complexity index is 1200. The van der Waals surface area contributed by atoms with Crippen LogP contribution < -0.4 is 9.80 Å². The van der Waals surface area contributed by atoms with Gasteiger partial charge in [-0.25, -0.2) is 0 Å². The van der Waals surface area contributed by atoms with Crippen molar-refractivity contribution in [2.24, 2.45) is 0 Å². The third-order valence-corrected chi connectivity index (χ3v) is 6.55. The highest BCUT2D eigenvalue weighted by atomic mass is 35.5. The number of amides is 2.